The molecule has 3 heteroatoms. The summed E-state index contributed by atoms with van der Waals surface area (Å²) in [7, 11) is 0. The minimum Gasteiger partial charge on any atom is -0.397 e. The second-order valence-electron chi connectivity index (χ2n) is 1.50. The lowest BCUT2D eigenvalue weighted by atomic mass is 10.4. The molecule has 1 rings (SSSR count). The van der Waals surface area contributed by atoms with Crippen molar-refractivity contribution in [3.05, 3.63) is 18.5 Å². The van der Waals surface area contributed by atoms with Crippen molar-refractivity contribution >= 4 is 11.4 Å². The average Bonchev–Trinajstić information content (AvgIpc) is 1.77. The highest BCUT2D eigenvalue weighted by Crippen LogP contribution is 2.08. The number of pyridine rings is 1. The molecule has 0 aliphatic carbocycles. The Bertz CT molecular complexity index is 164. The molecular weight excluding hydrogens is 114 g/mol. The molecule has 0 spiro atoms. The van der Waals surface area contributed by atoms with E-state index in [-0.39, 0.29) is 7.43 Å². The summed E-state index contributed by atoms with van der Waals surface area (Å²) in [5.41, 5.74) is 11.8. The van der Waals surface area contributed by atoms with E-state index in [0.29, 0.717) is 11.4 Å². The first-order valence-electron chi connectivity index (χ1n) is 2.25. The SMILES string of the molecule is C.Nc1ccncc1N. The summed E-state index contributed by atoms with van der Waals surface area (Å²) in [5.74, 6) is 0. The maximum atomic E-state index is 5.35. The fourth-order valence-electron chi connectivity index (χ4n) is 0.417. The molecule has 0 saturated carbocycles. The van der Waals surface area contributed by atoms with E-state index in [2.05, 4.69) is 4.98 Å². The van der Waals surface area contributed by atoms with E-state index >= 15 is 0 Å². The van der Waals surface area contributed by atoms with Crippen LogP contribution in [0.3, 0.4) is 0 Å². The van der Waals surface area contributed by atoms with Gasteiger partial charge in [0.2, 0.25) is 0 Å². The van der Waals surface area contributed by atoms with Gasteiger partial charge in [-0.1, -0.05) is 7.43 Å². The van der Waals surface area contributed by atoms with Gasteiger partial charge in [-0.05, 0) is 6.07 Å². The summed E-state index contributed by atoms with van der Waals surface area (Å²) in [6.45, 7) is 0. The summed E-state index contributed by atoms with van der Waals surface area (Å²) in [6.07, 6.45) is 3.13. The van der Waals surface area contributed by atoms with Crippen LogP contribution in [-0.2, 0) is 0 Å². The van der Waals surface area contributed by atoms with Gasteiger partial charge in [-0.25, -0.2) is 0 Å². The summed E-state index contributed by atoms with van der Waals surface area (Å²) < 4.78 is 0. The number of nitrogen functional groups attached to an aromatic ring is 2. The van der Waals surface area contributed by atoms with E-state index in [1.807, 2.05) is 0 Å². The van der Waals surface area contributed by atoms with Gasteiger partial charge in [-0.2, -0.15) is 0 Å². The van der Waals surface area contributed by atoms with Crippen molar-refractivity contribution in [2.45, 2.75) is 7.43 Å². The lowest BCUT2D eigenvalue weighted by Gasteiger charge is -1.93. The molecule has 0 aliphatic heterocycles. The Labute approximate surface area is 54.7 Å². The maximum absolute atomic E-state index is 5.35. The van der Waals surface area contributed by atoms with Crippen molar-refractivity contribution in [3.8, 4) is 0 Å². The largest absolute Gasteiger partial charge is 0.397 e. The summed E-state index contributed by atoms with van der Waals surface area (Å²) in [6, 6.07) is 1.66. The number of hydrogen-bond acceptors (Lipinski definition) is 3. The molecule has 4 N–H and O–H groups in total. The Morgan fingerprint density at radius 1 is 1.22 bits per heavy atom. The highest BCUT2D eigenvalue weighted by atomic mass is 14.7. The number of aromatic nitrogens is 1. The van der Waals surface area contributed by atoms with Crippen LogP contribution in [-0.4, -0.2) is 4.98 Å². The van der Waals surface area contributed by atoms with Crippen LogP contribution in [0.15, 0.2) is 18.5 Å². The predicted molar refractivity (Wildman–Crippen MR) is 39.8 cm³/mol. The predicted octanol–water partition coefficient (Wildman–Crippen LogP) is 0.882. The second-order valence-corrected chi connectivity index (χ2v) is 1.50. The van der Waals surface area contributed by atoms with Crippen molar-refractivity contribution in [3.63, 3.8) is 0 Å². The average molecular weight is 125 g/mol. The van der Waals surface area contributed by atoms with Crippen LogP contribution in [0.25, 0.3) is 0 Å². The quantitative estimate of drug-likeness (QED) is 0.541. The monoisotopic (exact) mass is 125 g/mol. The molecule has 1 aromatic rings. The zero-order chi connectivity index (χ0) is 5.98. The third kappa shape index (κ3) is 1.60. The van der Waals surface area contributed by atoms with Crippen molar-refractivity contribution in [2.24, 2.45) is 0 Å². The maximum Gasteiger partial charge on any atom is 0.0734 e. The molecule has 3 nitrogen and oxygen atoms in total. The lowest BCUT2D eigenvalue weighted by molar-refractivity contribution is 1.34. The van der Waals surface area contributed by atoms with Gasteiger partial charge >= 0.3 is 0 Å². The van der Waals surface area contributed by atoms with Gasteiger partial charge in [0.25, 0.3) is 0 Å². The lowest BCUT2D eigenvalue weighted by Crippen LogP contribution is -1.93. The topological polar surface area (TPSA) is 64.9 Å². The van der Waals surface area contributed by atoms with E-state index in [9.17, 15) is 0 Å². The molecule has 0 radical (unpaired) electrons. The third-order valence-corrected chi connectivity index (χ3v) is 0.887. The van der Waals surface area contributed by atoms with E-state index in [4.69, 9.17) is 11.5 Å². The Balaban J connectivity index is 0.000000640. The van der Waals surface area contributed by atoms with Gasteiger partial charge in [0.05, 0.1) is 17.6 Å². The van der Waals surface area contributed by atoms with Crippen LogP contribution in [0.4, 0.5) is 11.4 Å². The fraction of sp³-hybridized carbons (Fsp3) is 0.167. The number of hydrogen-bond donors (Lipinski definition) is 2. The van der Waals surface area contributed by atoms with Crippen LogP contribution in [0.1, 0.15) is 7.43 Å². The molecule has 0 fully saturated rings. The van der Waals surface area contributed by atoms with Gasteiger partial charge in [-0.15, -0.1) is 0 Å². The van der Waals surface area contributed by atoms with Gasteiger partial charge in [0.1, 0.15) is 0 Å². The van der Waals surface area contributed by atoms with Crippen LogP contribution < -0.4 is 11.5 Å². The molecule has 50 valence electrons. The van der Waals surface area contributed by atoms with Gasteiger partial charge in [0.15, 0.2) is 0 Å². The molecule has 0 unspecified atom stereocenters. The molecule has 9 heavy (non-hydrogen) atoms. The molecule has 0 saturated heterocycles. The van der Waals surface area contributed by atoms with Gasteiger partial charge in [-0.3, -0.25) is 4.98 Å². The van der Waals surface area contributed by atoms with E-state index < -0.39 is 0 Å². The molecule has 1 aromatic heterocycles. The van der Waals surface area contributed by atoms with E-state index in [1.165, 1.54) is 6.20 Å². The second kappa shape index (κ2) is 2.91. The van der Waals surface area contributed by atoms with Crippen LogP contribution >= 0.6 is 0 Å². The normalized spacial score (nSPS) is 8.00. The first-order chi connectivity index (χ1) is 3.80. The Hall–Kier alpha value is -1.25. The first-order valence-corrected chi connectivity index (χ1v) is 2.25. The zero-order valence-electron chi connectivity index (χ0n) is 4.33. The third-order valence-electron chi connectivity index (χ3n) is 0.887. The minimum atomic E-state index is 0. The van der Waals surface area contributed by atoms with Crippen molar-refractivity contribution in [1.82, 2.24) is 4.98 Å². The fourth-order valence-corrected chi connectivity index (χ4v) is 0.417. The van der Waals surface area contributed by atoms with Crippen molar-refractivity contribution in [1.29, 1.82) is 0 Å². The highest BCUT2D eigenvalue weighted by molar-refractivity contribution is 5.60. The number of rotatable bonds is 0. The van der Waals surface area contributed by atoms with Gasteiger partial charge < -0.3 is 11.5 Å². The van der Waals surface area contributed by atoms with Crippen LogP contribution in [0.2, 0.25) is 0 Å². The zero-order valence-corrected chi connectivity index (χ0v) is 4.33. The van der Waals surface area contributed by atoms with E-state index in [1.54, 1.807) is 12.3 Å². The summed E-state index contributed by atoms with van der Waals surface area (Å²) in [4.78, 5) is 3.74. The smallest absolute Gasteiger partial charge is 0.0734 e. The number of anilines is 2. The molecule has 0 aromatic carbocycles. The summed E-state index contributed by atoms with van der Waals surface area (Å²) in [5, 5.41) is 0. The molecule has 0 bridgehead atoms. The molecule has 0 aliphatic rings. The minimum absolute atomic E-state index is 0. The standard InChI is InChI=1S/C5H7N3.CH4/c6-4-1-2-8-3-5(4)7;/h1-3H,7H2,(H2,6,8);1H4. The number of nitrogens with two attached hydrogens (primary N) is 2. The summed E-state index contributed by atoms with van der Waals surface area (Å²) >= 11 is 0. The highest BCUT2D eigenvalue weighted by Gasteiger charge is 1.86. The number of nitrogens with zero attached hydrogens (tertiary/aromatic N) is 1. The first kappa shape index (κ1) is 7.75. The van der Waals surface area contributed by atoms with Crippen molar-refractivity contribution in [2.75, 3.05) is 11.5 Å². The molecule has 1 heterocycles. The molecule has 0 atom stereocenters. The van der Waals surface area contributed by atoms with Crippen LogP contribution in [0, 0.1) is 0 Å². The van der Waals surface area contributed by atoms with Crippen molar-refractivity contribution < 1.29 is 0 Å². The Kier molecular flexibility index (Phi) is 2.51. The molecule has 0 amide bonds. The Morgan fingerprint density at radius 3 is 2.22 bits per heavy atom. The molecular formula is C6H11N3. The van der Waals surface area contributed by atoms with Gasteiger partial charge in [0, 0.05) is 6.20 Å². The van der Waals surface area contributed by atoms with Crippen LogP contribution in [0.5, 0.6) is 0 Å². The van der Waals surface area contributed by atoms with E-state index in [0.717, 1.165) is 0 Å². The Morgan fingerprint density at radius 2 is 1.89 bits per heavy atom.